The highest BCUT2D eigenvalue weighted by Gasteiger charge is 2.28. The van der Waals surface area contributed by atoms with Crippen LogP contribution in [0.4, 0.5) is 0 Å². The number of benzene rings is 3. The first kappa shape index (κ1) is 22.9. The number of para-hydroxylation sites is 1. The highest BCUT2D eigenvalue weighted by Crippen LogP contribution is 2.28. The third-order valence-corrected chi connectivity index (χ3v) is 6.04. The number of aromatic nitrogens is 2. The fourth-order valence-corrected chi connectivity index (χ4v) is 4.22. The number of piperidine rings is 1. The van der Waals surface area contributed by atoms with E-state index in [4.69, 9.17) is 14.2 Å². The Morgan fingerprint density at radius 3 is 2.57 bits per heavy atom. The Kier molecular flexibility index (Phi) is 7.49. The summed E-state index contributed by atoms with van der Waals surface area (Å²) in [6.07, 6.45) is 7.30. The molecular formula is C29H27N3O3. The molecule has 0 spiro atoms. The Labute approximate surface area is 205 Å². The largest absolute Gasteiger partial charge is 0.450 e. The van der Waals surface area contributed by atoms with Gasteiger partial charge in [0.15, 0.2) is 6.61 Å². The molecule has 0 saturated carbocycles. The second kappa shape index (κ2) is 11.5. The molecule has 4 aromatic rings. The van der Waals surface area contributed by atoms with Crippen molar-refractivity contribution < 1.29 is 14.2 Å². The van der Waals surface area contributed by atoms with Crippen molar-refractivity contribution in [2.75, 3.05) is 19.7 Å². The maximum atomic E-state index is 6.36. The molecule has 2 atom stereocenters. The molecule has 0 amide bonds. The van der Waals surface area contributed by atoms with Gasteiger partial charge in [0.25, 0.3) is 0 Å². The number of rotatable bonds is 7. The molecule has 2 heterocycles. The van der Waals surface area contributed by atoms with Crippen molar-refractivity contribution >= 4 is 10.8 Å². The van der Waals surface area contributed by atoms with Gasteiger partial charge in [-0.2, -0.15) is 0 Å². The lowest BCUT2D eigenvalue weighted by Gasteiger charge is -2.32. The predicted octanol–water partition coefficient (Wildman–Crippen LogP) is 4.71. The lowest BCUT2D eigenvalue weighted by atomic mass is 9.89. The van der Waals surface area contributed by atoms with Gasteiger partial charge in [0, 0.05) is 24.9 Å². The molecule has 6 heteroatoms. The fraction of sp³-hybridized carbons (Fsp3) is 0.241. The maximum absolute atomic E-state index is 6.36. The van der Waals surface area contributed by atoms with E-state index >= 15 is 0 Å². The van der Waals surface area contributed by atoms with Crippen molar-refractivity contribution in [2.45, 2.75) is 25.0 Å². The molecule has 176 valence electrons. The number of ether oxygens (including phenoxy) is 3. The van der Waals surface area contributed by atoms with E-state index in [0.717, 1.165) is 25.1 Å². The summed E-state index contributed by atoms with van der Waals surface area (Å²) in [6, 6.07) is 24.6. The van der Waals surface area contributed by atoms with Gasteiger partial charge in [-0.15, -0.1) is 0 Å². The predicted molar refractivity (Wildman–Crippen MR) is 135 cm³/mol. The Balaban J connectivity index is 1.15. The smallest absolute Gasteiger partial charge is 0.317 e. The summed E-state index contributed by atoms with van der Waals surface area (Å²) in [6.45, 7) is 2.46. The number of nitrogens with one attached hydrogen (secondary N) is 1. The summed E-state index contributed by atoms with van der Waals surface area (Å²) < 4.78 is 17.2. The molecule has 1 saturated heterocycles. The van der Waals surface area contributed by atoms with Gasteiger partial charge < -0.3 is 19.5 Å². The van der Waals surface area contributed by atoms with Gasteiger partial charge in [0.2, 0.25) is 0 Å². The van der Waals surface area contributed by atoms with Crippen LogP contribution in [0, 0.1) is 12.0 Å². The minimum atomic E-state index is 0.0478. The van der Waals surface area contributed by atoms with E-state index in [1.165, 1.54) is 16.3 Å². The minimum absolute atomic E-state index is 0.0478. The van der Waals surface area contributed by atoms with Crippen LogP contribution >= 0.6 is 0 Å². The first-order valence-corrected chi connectivity index (χ1v) is 11.8. The monoisotopic (exact) mass is 465 g/mol. The molecule has 1 aliphatic rings. The standard InChI is InChI=1S/C29H27N3O3/c1-2-9-26(10-3-1)33-15-6-16-34-29-31-18-25(19-32-29)27-13-14-30-20-28(27)35-21-22-11-12-23-7-4-5-8-24(23)17-22/h1-5,7-12,17-19,27-28,30H,13-14,16,20-21H2. The molecule has 5 rings (SSSR count). The number of hydrogen-bond donors (Lipinski definition) is 1. The highest BCUT2D eigenvalue weighted by atomic mass is 16.5. The SMILES string of the molecule is C(#COc1ccccc1)COc1ncc(C2CCNCC2OCc2ccc3ccccc3c2)cn1. The number of nitrogens with zero attached hydrogens (tertiary/aromatic N) is 2. The lowest BCUT2D eigenvalue weighted by Crippen LogP contribution is -2.41. The summed E-state index contributed by atoms with van der Waals surface area (Å²) in [5.74, 6) is 3.73. The number of fused-ring (bicyclic) bond motifs is 1. The van der Waals surface area contributed by atoms with Crippen molar-refractivity contribution in [3.63, 3.8) is 0 Å². The van der Waals surface area contributed by atoms with Gasteiger partial charge in [0.05, 0.1) is 12.7 Å². The van der Waals surface area contributed by atoms with Crippen LogP contribution in [0.3, 0.4) is 0 Å². The van der Waals surface area contributed by atoms with E-state index in [2.05, 4.69) is 69.8 Å². The van der Waals surface area contributed by atoms with Gasteiger partial charge in [-0.1, -0.05) is 54.6 Å². The van der Waals surface area contributed by atoms with E-state index in [-0.39, 0.29) is 18.6 Å². The zero-order valence-corrected chi connectivity index (χ0v) is 19.4. The molecule has 1 aliphatic heterocycles. The van der Waals surface area contributed by atoms with E-state index in [1.54, 1.807) is 0 Å². The van der Waals surface area contributed by atoms with E-state index in [9.17, 15) is 0 Å². The van der Waals surface area contributed by atoms with E-state index < -0.39 is 0 Å². The molecular weight excluding hydrogens is 438 g/mol. The minimum Gasteiger partial charge on any atom is -0.450 e. The third-order valence-electron chi connectivity index (χ3n) is 6.04. The van der Waals surface area contributed by atoms with Crippen LogP contribution < -0.4 is 14.8 Å². The molecule has 0 aliphatic carbocycles. The topological polar surface area (TPSA) is 65.5 Å². The molecule has 35 heavy (non-hydrogen) atoms. The van der Waals surface area contributed by atoms with Crippen molar-refractivity contribution in [1.82, 2.24) is 15.3 Å². The van der Waals surface area contributed by atoms with Crippen LogP contribution in [0.5, 0.6) is 11.8 Å². The summed E-state index contributed by atoms with van der Waals surface area (Å²) in [5, 5.41) is 5.91. The summed E-state index contributed by atoms with van der Waals surface area (Å²) in [5.41, 5.74) is 2.23. The van der Waals surface area contributed by atoms with Crippen molar-refractivity contribution in [3.8, 4) is 23.8 Å². The fourth-order valence-electron chi connectivity index (χ4n) is 4.22. The van der Waals surface area contributed by atoms with Gasteiger partial charge in [-0.05, 0) is 59.0 Å². The lowest BCUT2D eigenvalue weighted by molar-refractivity contribution is 0.0105. The van der Waals surface area contributed by atoms with Crippen LogP contribution in [0.25, 0.3) is 10.8 Å². The Hall–Kier alpha value is -3.92. The van der Waals surface area contributed by atoms with Gasteiger partial charge in [0.1, 0.15) is 11.9 Å². The number of hydrogen-bond acceptors (Lipinski definition) is 6. The molecule has 3 aromatic carbocycles. The summed E-state index contributed by atoms with van der Waals surface area (Å²) >= 11 is 0. The molecule has 1 fully saturated rings. The van der Waals surface area contributed by atoms with Crippen molar-refractivity contribution in [2.24, 2.45) is 0 Å². The molecule has 6 nitrogen and oxygen atoms in total. The van der Waals surface area contributed by atoms with E-state index in [0.29, 0.717) is 18.4 Å². The first-order chi connectivity index (χ1) is 17.3. The average molecular weight is 466 g/mol. The van der Waals surface area contributed by atoms with Gasteiger partial charge in [-0.3, -0.25) is 0 Å². The first-order valence-electron chi connectivity index (χ1n) is 11.8. The Bertz CT molecular complexity index is 1300. The normalized spacial score (nSPS) is 17.4. The zero-order chi connectivity index (χ0) is 23.7. The molecule has 0 radical (unpaired) electrons. The molecule has 0 bridgehead atoms. The average Bonchev–Trinajstić information content (AvgIpc) is 2.93. The van der Waals surface area contributed by atoms with Crippen LogP contribution in [0.15, 0.2) is 85.2 Å². The highest BCUT2D eigenvalue weighted by molar-refractivity contribution is 5.82. The van der Waals surface area contributed by atoms with E-state index in [1.807, 2.05) is 42.7 Å². The van der Waals surface area contributed by atoms with Crippen molar-refractivity contribution in [3.05, 3.63) is 96.3 Å². The van der Waals surface area contributed by atoms with Crippen LogP contribution in [-0.2, 0) is 11.3 Å². The molecule has 2 unspecified atom stereocenters. The van der Waals surface area contributed by atoms with Crippen molar-refractivity contribution in [1.29, 1.82) is 0 Å². The quantitative estimate of drug-likeness (QED) is 0.399. The maximum Gasteiger partial charge on any atom is 0.317 e. The third kappa shape index (κ3) is 6.15. The second-order valence-electron chi connectivity index (χ2n) is 8.41. The van der Waals surface area contributed by atoms with Gasteiger partial charge >= 0.3 is 6.01 Å². The summed E-state index contributed by atoms with van der Waals surface area (Å²) in [4.78, 5) is 8.76. The Morgan fingerprint density at radius 2 is 1.71 bits per heavy atom. The van der Waals surface area contributed by atoms with Crippen LogP contribution in [0.1, 0.15) is 23.5 Å². The summed E-state index contributed by atoms with van der Waals surface area (Å²) in [7, 11) is 0. The Morgan fingerprint density at radius 1 is 0.914 bits per heavy atom. The molecule has 1 aromatic heterocycles. The van der Waals surface area contributed by atoms with Gasteiger partial charge in [-0.25, -0.2) is 9.97 Å². The second-order valence-corrected chi connectivity index (χ2v) is 8.41. The zero-order valence-electron chi connectivity index (χ0n) is 19.4. The van der Waals surface area contributed by atoms with Crippen LogP contribution in [0.2, 0.25) is 0 Å². The van der Waals surface area contributed by atoms with Crippen LogP contribution in [-0.4, -0.2) is 35.8 Å². The molecule has 1 N–H and O–H groups in total.